The lowest BCUT2D eigenvalue weighted by atomic mass is 9.96. The molecule has 2 atom stereocenters. The molecule has 1 rings (SSSR count). The van der Waals surface area contributed by atoms with Crippen molar-refractivity contribution in [1.82, 2.24) is 0 Å². The Hall–Kier alpha value is -1.11. The lowest BCUT2D eigenvalue weighted by Gasteiger charge is -2.37. The van der Waals surface area contributed by atoms with Gasteiger partial charge in [0, 0.05) is 18.6 Å². The fourth-order valence-corrected chi connectivity index (χ4v) is 3.32. The van der Waals surface area contributed by atoms with Crippen LogP contribution in [0.5, 0.6) is 0 Å². The predicted octanol–water partition coefficient (Wildman–Crippen LogP) is 2.31. The number of hydrogen-bond acceptors (Lipinski definition) is 4. The molecule has 0 saturated carbocycles. The molecule has 0 aromatic heterocycles. The molecule has 1 aromatic rings. The molecule has 0 aliphatic carbocycles. The first-order valence-electron chi connectivity index (χ1n) is 7.84. The molecule has 2 unspecified atom stereocenters. The first kappa shape index (κ1) is 18.9. The topological polar surface area (TPSA) is 89.4 Å². The maximum atomic E-state index is 11.9. The second-order valence-electron chi connectivity index (χ2n) is 6.12. The van der Waals surface area contributed by atoms with E-state index < -0.39 is 10.0 Å². The normalized spacial score (nSPS) is 14.9. The molecule has 0 radical (unpaired) electrons. The fraction of sp³-hybridized carbons (Fsp3) is 0.625. The monoisotopic (exact) mass is 327 g/mol. The van der Waals surface area contributed by atoms with Crippen molar-refractivity contribution >= 4 is 15.7 Å². The molecular weight excluding hydrogens is 298 g/mol. The van der Waals surface area contributed by atoms with Gasteiger partial charge in [-0.2, -0.15) is 0 Å². The van der Waals surface area contributed by atoms with Crippen LogP contribution in [0.4, 0.5) is 5.69 Å². The van der Waals surface area contributed by atoms with Crippen LogP contribution in [-0.2, 0) is 10.0 Å². The van der Waals surface area contributed by atoms with Gasteiger partial charge < -0.3 is 10.6 Å². The highest BCUT2D eigenvalue weighted by molar-refractivity contribution is 7.89. The van der Waals surface area contributed by atoms with Crippen molar-refractivity contribution in [1.29, 1.82) is 0 Å². The molecule has 6 heteroatoms. The largest absolute Gasteiger partial charge is 0.366 e. The van der Waals surface area contributed by atoms with Crippen LogP contribution in [0.1, 0.15) is 40.5 Å². The maximum absolute atomic E-state index is 11.9. The zero-order valence-corrected chi connectivity index (χ0v) is 14.8. The number of anilines is 1. The summed E-state index contributed by atoms with van der Waals surface area (Å²) in [6.07, 6.45) is 1.99. The molecule has 0 fully saturated rings. The van der Waals surface area contributed by atoms with Crippen LogP contribution in [0.25, 0.3) is 0 Å². The summed E-state index contributed by atoms with van der Waals surface area (Å²) >= 11 is 0. The van der Waals surface area contributed by atoms with E-state index in [1.54, 1.807) is 18.2 Å². The lowest BCUT2D eigenvalue weighted by molar-refractivity contribution is 0.408. The van der Waals surface area contributed by atoms with Crippen LogP contribution >= 0.6 is 0 Å². The molecule has 0 aliphatic rings. The van der Waals surface area contributed by atoms with Gasteiger partial charge in [-0.05, 0) is 31.4 Å². The third-order valence-electron chi connectivity index (χ3n) is 4.05. The van der Waals surface area contributed by atoms with E-state index >= 15 is 0 Å². The highest BCUT2D eigenvalue weighted by Gasteiger charge is 2.26. The van der Waals surface area contributed by atoms with Crippen molar-refractivity contribution in [2.75, 3.05) is 11.4 Å². The number of primary sulfonamides is 1. The van der Waals surface area contributed by atoms with Gasteiger partial charge in [-0.1, -0.05) is 39.3 Å². The Labute approximate surface area is 134 Å². The first-order valence-corrected chi connectivity index (χ1v) is 9.38. The van der Waals surface area contributed by atoms with Crippen LogP contribution in [0.15, 0.2) is 29.2 Å². The second kappa shape index (κ2) is 7.94. The summed E-state index contributed by atoms with van der Waals surface area (Å²) in [6.45, 7) is 9.05. The zero-order chi connectivity index (χ0) is 16.9. The van der Waals surface area contributed by atoms with Crippen LogP contribution in [0.2, 0.25) is 0 Å². The molecule has 0 aliphatic heterocycles. The fourth-order valence-electron chi connectivity index (χ4n) is 2.57. The molecule has 0 heterocycles. The average Bonchev–Trinajstić information content (AvgIpc) is 2.45. The third-order valence-corrected chi connectivity index (χ3v) is 5.01. The van der Waals surface area contributed by atoms with Gasteiger partial charge in [0.2, 0.25) is 10.0 Å². The van der Waals surface area contributed by atoms with Gasteiger partial charge in [0.05, 0.1) is 5.69 Å². The number of nitrogens with two attached hydrogens (primary N) is 2. The average molecular weight is 327 g/mol. The number of benzene rings is 1. The number of sulfonamides is 1. The van der Waals surface area contributed by atoms with Crippen molar-refractivity contribution in [2.45, 2.75) is 57.5 Å². The van der Waals surface area contributed by atoms with Gasteiger partial charge in [-0.25, -0.2) is 13.6 Å². The summed E-state index contributed by atoms with van der Waals surface area (Å²) in [5.74, 6) is 0.306. The van der Waals surface area contributed by atoms with Crippen molar-refractivity contribution in [2.24, 2.45) is 16.8 Å². The summed E-state index contributed by atoms with van der Waals surface area (Å²) in [5, 5.41) is 5.37. The summed E-state index contributed by atoms with van der Waals surface area (Å²) in [6, 6.07) is 6.85. The maximum Gasteiger partial charge on any atom is 0.240 e. The van der Waals surface area contributed by atoms with E-state index in [1.165, 1.54) is 0 Å². The minimum Gasteiger partial charge on any atom is -0.366 e. The Kier molecular flexibility index (Phi) is 6.84. The number of para-hydroxylation sites is 1. The van der Waals surface area contributed by atoms with E-state index in [0.29, 0.717) is 11.6 Å². The smallest absolute Gasteiger partial charge is 0.240 e. The molecule has 0 bridgehead atoms. The summed E-state index contributed by atoms with van der Waals surface area (Å²) in [5.41, 5.74) is 6.95. The Morgan fingerprint density at radius 3 is 2.27 bits per heavy atom. The molecule has 126 valence electrons. The van der Waals surface area contributed by atoms with E-state index in [0.717, 1.165) is 19.4 Å². The lowest BCUT2D eigenvalue weighted by Crippen LogP contribution is -2.49. The Morgan fingerprint density at radius 1 is 1.18 bits per heavy atom. The number of unbranched alkanes of at least 4 members (excludes halogenated alkanes) is 1. The van der Waals surface area contributed by atoms with Crippen molar-refractivity contribution < 1.29 is 8.42 Å². The van der Waals surface area contributed by atoms with Crippen molar-refractivity contribution in [3.63, 3.8) is 0 Å². The van der Waals surface area contributed by atoms with E-state index in [-0.39, 0.29) is 17.0 Å². The quantitative estimate of drug-likeness (QED) is 0.767. The van der Waals surface area contributed by atoms with Crippen LogP contribution in [0.3, 0.4) is 0 Å². The summed E-state index contributed by atoms with van der Waals surface area (Å²) < 4.78 is 23.8. The minimum absolute atomic E-state index is 0.0226. The van der Waals surface area contributed by atoms with Crippen LogP contribution in [0, 0.1) is 5.92 Å². The van der Waals surface area contributed by atoms with Crippen LogP contribution in [-0.4, -0.2) is 27.0 Å². The van der Waals surface area contributed by atoms with Gasteiger partial charge in [0.25, 0.3) is 0 Å². The first-order chi connectivity index (χ1) is 10.2. The summed E-state index contributed by atoms with van der Waals surface area (Å²) in [4.78, 5) is 2.24. The minimum atomic E-state index is -3.77. The molecule has 1 aromatic carbocycles. The second-order valence-corrected chi connectivity index (χ2v) is 7.65. The summed E-state index contributed by atoms with van der Waals surface area (Å²) in [7, 11) is -3.77. The number of hydrogen-bond donors (Lipinski definition) is 2. The Morgan fingerprint density at radius 2 is 1.77 bits per heavy atom. The molecule has 4 N–H and O–H groups in total. The SMILES string of the molecule is CCCCN(c1ccccc1S(N)(=O)=O)C(C)C(N)C(C)C. The van der Waals surface area contributed by atoms with E-state index in [1.807, 2.05) is 13.0 Å². The third kappa shape index (κ3) is 4.69. The van der Waals surface area contributed by atoms with Crippen LogP contribution < -0.4 is 15.8 Å². The Balaban J connectivity index is 3.29. The van der Waals surface area contributed by atoms with Gasteiger partial charge in [0.15, 0.2) is 0 Å². The van der Waals surface area contributed by atoms with Gasteiger partial charge in [0.1, 0.15) is 4.90 Å². The predicted molar refractivity (Wildman–Crippen MR) is 92.3 cm³/mol. The molecule has 5 nitrogen and oxygen atoms in total. The molecule has 0 spiro atoms. The van der Waals surface area contributed by atoms with E-state index in [4.69, 9.17) is 10.9 Å². The molecule has 0 saturated heterocycles. The van der Waals surface area contributed by atoms with E-state index in [2.05, 4.69) is 25.7 Å². The zero-order valence-electron chi connectivity index (χ0n) is 14.0. The molecular formula is C16H29N3O2S. The van der Waals surface area contributed by atoms with Gasteiger partial charge >= 0.3 is 0 Å². The molecule has 22 heavy (non-hydrogen) atoms. The number of rotatable bonds is 8. The highest BCUT2D eigenvalue weighted by Crippen LogP contribution is 2.27. The van der Waals surface area contributed by atoms with Gasteiger partial charge in [-0.15, -0.1) is 0 Å². The van der Waals surface area contributed by atoms with Crippen molar-refractivity contribution in [3.05, 3.63) is 24.3 Å². The Bertz CT molecular complexity index is 573. The van der Waals surface area contributed by atoms with E-state index in [9.17, 15) is 8.42 Å². The number of nitrogens with zero attached hydrogens (tertiary/aromatic N) is 1. The highest BCUT2D eigenvalue weighted by atomic mass is 32.2. The van der Waals surface area contributed by atoms with Gasteiger partial charge in [-0.3, -0.25) is 0 Å². The standard InChI is InChI=1S/C16H29N3O2S/c1-5-6-11-19(13(4)16(17)12(2)3)14-9-7-8-10-15(14)22(18,20)21/h7-10,12-13,16H,5-6,11,17H2,1-4H3,(H2,18,20,21). The van der Waals surface area contributed by atoms with Crippen molar-refractivity contribution in [3.8, 4) is 0 Å². The molecule has 0 amide bonds.